The van der Waals surface area contributed by atoms with Crippen LogP contribution in [0.2, 0.25) is 0 Å². The van der Waals surface area contributed by atoms with Gasteiger partial charge in [0.25, 0.3) is 0 Å². The van der Waals surface area contributed by atoms with Crippen molar-refractivity contribution < 1.29 is 4.79 Å². The maximum absolute atomic E-state index is 11.5. The van der Waals surface area contributed by atoms with Crippen LogP contribution in [0, 0.1) is 0 Å². The lowest BCUT2D eigenvalue weighted by molar-refractivity contribution is -0.120. The van der Waals surface area contributed by atoms with Crippen LogP contribution in [-0.2, 0) is 4.79 Å². The standard InChI is InChI=1S/C12H24N2O/c1-4-5-12(15)10-14-8-6-11(7-9-14)13(2)3/h11H,4-10H2,1-3H3. The number of Topliss-reactive ketones (excluding diaryl/α,β-unsaturated/α-hetero) is 1. The average Bonchev–Trinajstić information content (AvgIpc) is 2.18. The summed E-state index contributed by atoms with van der Waals surface area (Å²) in [6, 6.07) is 0.711. The monoisotopic (exact) mass is 212 g/mol. The van der Waals surface area contributed by atoms with Gasteiger partial charge in [-0.2, -0.15) is 0 Å². The van der Waals surface area contributed by atoms with Gasteiger partial charge in [0.2, 0.25) is 0 Å². The number of carbonyl (C=O) groups is 1. The molecule has 0 unspecified atom stereocenters. The first-order valence-electron chi connectivity index (χ1n) is 6.04. The number of carbonyl (C=O) groups excluding carboxylic acids is 1. The highest BCUT2D eigenvalue weighted by Crippen LogP contribution is 2.13. The number of piperidine rings is 1. The third-order valence-electron chi connectivity index (χ3n) is 3.22. The van der Waals surface area contributed by atoms with E-state index in [1.165, 1.54) is 12.8 Å². The summed E-state index contributed by atoms with van der Waals surface area (Å²) in [5, 5.41) is 0. The third-order valence-corrected chi connectivity index (χ3v) is 3.22. The molecular weight excluding hydrogens is 188 g/mol. The predicted octanol–water partition coefficient (Wildman–Crippen LogP) is 1.38. The van der Waals surface area contributed by atoms with E-state index in [1.807, 2.05) is 0 Å². The van der Waals surface area contributed by atoms with Gasteiger partial charge in [-0.3, -0.25) is 9.69 Å². The number of rotatable bonds is 5. The lowest BCUT2D eigenvalue weighted by Crippen LogP contribution is -2.43. The first-order valence-corrected chi connectivity index (χ1v) is 6.04. The Morgan fingerprint density at radius 2 is 1.93 bits per heavy atom. The fraction of sp³-hybridized carbons (Fsp3) is 0.917. The van der Waals surface area contributed by atoms with Crippen molar-refractivity contribution in [1.29, 1.82) is 0 Å². The summed E-state index contributed by atoms with van der Waals surface area (Å²) < 4.78 is 0. The van der Waals surface area contributed by atoms with E-state index in [0.717, 1.165) is 25.9 Å². The highest BCUT2D eigenvalue weighted by Gasteiger charge is 2.21. The second kappa shape index (κ2) is 6.23. The molecule has 0 amide bonds. The van der Waals surface area contributed by atoms with Crippen molar-refractivity contribution in [2.45, 2.75) is 38.6 Å². The summed E-state index contributed by atoms with van der Waals surface area (Å²) in [4.78, 5) is 16.1. The van der Waals surface area contributed by atoms with Gasteiger partial charge in [0, 0.05) is 25.6 Å². The molecule has 0 spiro atoms. The van der Waals surface area contributed by atoms with E-state index in [-0.39, 0.29) is 0 Å². The zero-order valence-corrected chi connectivity index (χ0v) is 10.3. The van der Waals surface area contributed by atoms with Gasteiger partial charge in [-0.05, 0) is 33.4 Å². The molecule has 1 fully saturated rings. The van der Waals surface area contributed by atoms with Crippen molar-refractivity contribution in [2.24, 2.45) is 0 Å². The minimum atomic E-state index is 0.404. The van der Waals surface area contributed by atoms with E-state index in [1.54, 1.807) is 0 Å². The molecule has 1 saturated heterocycles. The van der Waals surface area contributed by atoms with Crippen molar-refractivity contribution in [3.8, 4) is 0 Å². The summed E-state index contributed by atoms with van der Waals surface area (Å²) in [5.74, 6) is 0.404. The number of nitrogens with zero attached hydrogens (tertiary/aromatic N) is 2. The van der Waals surface area contributed by atoms with Crippen LogP contribution >= 0.6 is 0 Å². The Balaban J connectivity index is 2.22. The van der Waals surface area contributed by atoms with Gasteiger partial charge in [0.1, 0.15) is 5.78 Å². The maximum atomic E-state index is 11.5. The molecule has 0 N–H and O–H groups in total. The van der Waals surface area contributed by atoms with Crippen LogP contribution in [0.25, 0.3) is 0 Å². The van der Waals surface area contributed by atoms with Gasteiger partial charge in [-0.15, -0.1) is 0 Å². The minimum absolute atomic E-state index is 0.404. The van der Waals surface area contributed by atoms with Crippen LogP contribution in [0.1, 0.15) is 32.6 Å². The zero-order valence-electron chi connectivity index (χ0n) is 10.3. The number of likely N-dealkylation sites (tertiary alicyclic amines) is 1. The van der Waals surface area contributed by atoms with Gasteiger partial charge >= 0.3 is 0 Å². The topological polar surface area (TPSA) is 23.6 Å². The molecule has 15 heavy (non-hydrogen) atoms. The number of hydrogen-bond acceptors (Lipinski definition) is 3. The zero-order chi connectivity index (χ0) is 11.3. The van der Waals surface area contributed by atoms with Gasteiger partial charge < -0.3 is 4.90 Å². The van der Waals surface area contributed by atoms with Crippen LogP contribution in [0.4, 0.5) is 0 Å². The van der Waals surface area contributed by atoms with Gasteiger partial charge in [0.15, 0.2) is 0 Å². The summed E-state index contributed by atoms with van der Waals surface area (Å²) in [6.07, 6.45) is 4.12. The Morgan fingerprint density at radius 3 is 2.40 bits per heavy atom. The Labute approximate surface area is 93.4 Å². The van der Waals surface area contributed by atoms with Crippen molar-refractivity contribution >= 4 is 5.78 Å². The Bertz CT molecular complexity index is 196. The normalized spacial score (nSPS) is 19.7. The summed E-state index contributed by atoms with van der Waals surface area (Å²) >= 11 is 0. The van der Waals surface area contributed by atoms with E-state index in [2.05, 4.69) is 30.8 Å². The quantitative estimate of drug-likeness (QED) is 0.688. The Morgan fingerprint density at radius 1 is 1.33 bits per heavy atom. The van der Waals surface area contributed by atoms with Crippen LogP contribution in [0.5, 0.6) is 0 Å². The molecule has 1 aliphatic rings. The summed E-state index contributed by atoms with van der Waals surface area (Å²) in [7, 11) is 4.28. The summed E-state index contributed by atoms with van der Waals surface area (Å²) in [6.45, 7) is 4.90. The lowest BCUT2D eigenvalue weighted by atomic mass is 10.0. The molecule has 0 aromatic rings. The molecule has 1 heterocycles. The van der Waals surface area contributed by atoms with Crippen molar-refractivity contribution in [2.75, 3.05) is 33.7 Å². The van der Waals surface area contributed by atoms with Crippen LogP contribution in [0.15, 0.2) is 0 Å². The van der Waals surface area contributed by atoms with Crippen LogP contribution < -0.4 is 0 Å². The van der Waals surface area contributed by atoms with E-state index in [0.29, 0.717) is 18.4 Å². The van der Waals surface area contributed by atoms with E-state index < -0.39 is 0 Å². The largest absolute Gasteiger partial charge is 0.306 e. The average molecular weight is 212 g/mol. The Hall–Kier alpha value is -0.410. The second-order valence-electron chi connectivity index (χ2n) is 4.76. The van der Waals surface area contributed by atoms with E-state index in [4.69, 9.17) is 0 Å². The SMILES string of the molecule is CCCC(=O)CN1CCC(N(C)C)CC1. The molecule has 0 aliphatic carbocycles. The third kappa shape index (κ3) is 4.31. The molecule has 0 bridgehead atoms. The van der Waals surface area contributed by atoms with Gasteiger partial charge in [-0.25, -0.2) is 0 Å². The van der Waals surface area contributed by atoms with Gasteiger partial charge in [-0.1, -0.05) is 6.92 Å². The van der Waals surface area contributed by atoms with Crippen LogP contribution in [0.3, 0.4) is 0 Å². The fourth-order valence-corrected chi connectivity index (χ4v) is 2.20. The minimum Gasteiger partial charge on any atom is -0.306 e. The predicted molar refractivity (Wildman–Crippen MR) is 63.1 cm³/mol. The first kappa shape index (κ1) is 12.7. The molecule has 1 rings (SSSR count). The molecule has 3 nitrogen and oxygen atoms in total. The molecule has 0 aromatic heterocycles. The molecule has 0 saturated carbocycles. The lowest BCUT2D eigenvalue weighted by Gasteiger charge is -2.34. The van der Waals surface area contributed by atoms with E-state index >= 15 is 0 Å². The maximum Gasteiger partial charge on any atom is 0.146 e. The second-order valence-corrected chi connectivity index (χ2v) is 4.76. The van der Waals surface area contributed by atoms with Crippen molar-refractivity contribution in [3.63, 3.8) is 0 Å². The number of hydrogen-bond donors (Lipinski definition) is 0. The Kier molecular flexibility index (Phi) is 5.26. The molecule has 0 aromatic carbocycles. The summed E-state index contributed by atoms with van der Waals surface area (Å²) in [5.41, 5.74) is 0. The highest BCUT2D eigenvalue weighted by molar-refractivity contribution is 5.80. The molecule has 3 heteroatoms. The van der Waals surface area contributed by atoms with Crippen molar-refractivity contribution in [1.82, 2.24) is 9.80 Å². The molecule has 0 atom stereocenters. The fourth-order valence-electron chi connectivity index (χ4n) is 2.20. The molecule has 1 aliphatic heterocycles. The van der Waals surface area contributed by atoms with Gasteiger partial charge in [0.05, 0.1) is 6.54 Å². The van der Waals surface area contributed by atoms with E-state index in [9.17, 15) is 4.79 Å². The molecule has 88 valence electrons. The molecular formula is C12H24N2O. The highest BCUT2D eigenvalue weighted by atomic mass is 16.1. The van der Waals surface area contributed by atoms with Crippen LogP contribution in [-0.4, -0.2) is 55.4 Å². The molecule has 0 radical (unpaired) electrons. The smallest absolute Gasteiger partial charge is 0.146 e. The first-order chi connectivity index (χ1) is 7.13. The van der Waals surface area contributed by atoms with Crippen molar-refractivity contribution in [3.05, 3.63) is 0 Å². The number of ketones is 1.